The minimum absolute atomic E-state index is 0.0453. The summed E-state index contributed by atoms with van der Waals surface area (Å²) < 4.78 is 45.5. The van der Waals surface area contributed by atoms with Crippen LogP contribution in [-0.4, -0.2) is 43.7 Å². The van der Waals surface area contributed by atoms with E-state index in [1.165, 1.54) is 0 Å². The number of carbonyl (C=O) groups excluding carboxylic acids is 1. The van der Waals surface area contributed by atoms with E-state index in [0.717, 1.165) is 37.2 Å². The molecule has 1 aromatic carbocycles. The zero-order valence-corrected chi connectivity index (χ0v) is 16.3. The molecular weight excluding hydrogens is 369 g/mol. The smallest absolute Gasteiger partial charge is 0.392 e. The Hall–Kier alpha value is -1.76. The molecule has 2 aliphatic rings. The molecule has 2 fully saturated rings. The molecule has 1 aliphatic carbocycles. The van der Waals surface area contributed by atoms with Crippen LogP contribution in [0.3, 0.4) is 0 Å². The topological polar surface area (TPSA) is 41.6 Å². The zero-order chi connectivity index (χ0) is 20.1. The third kappa shape index (κ3) is 4.80. The van der Waals surface area contributed by atoms with E-state index in [4.69, 9.17) is 4.74 Å². The second-order valence-corrected chi connectivity index (χ2v) is 7.79. The fourth-order valence-corrected chi connectivity index (χ4v) is 4.60. The zero-order valence-electron chi connectivity index (χ0n) is 16.3. The summed E-state index contributed by atoms with van der Waals surface area (Å²) in [6.45, 7) is 2.11. The van der Waals surface area contributed by atoms with Crippen LogP contribution in [0.2, 0.25) is 0 Å². The van der Waals surface area contributed by atoms with Crippen molar-refractivity contribution in [3.63, 3.8) is 0 Å². The van der Waals surface area contributed by atoms with E-state index in [9.17, 15) is 18.0 Å². The summed E-state index contributed by atoms with van der Waals surface area (Å²) in [5.41, 5.74) is 0.961. The second kappa shape index (κ2) is 9.16. The van der Waals surface area contributed by atoms with Crippen LogP contribution in [0, 0.1) is 11.8 Å². The molecule has 1 saturated heterocycles. The lowest BCUT2D eigenvalue weighted by Crippen LogP contribution is -2.45. The molecule has 1 N–H and O–H groups in total. The van der Waals surface area contributed by atoms with Crippen LogP contribution in [0.5, 0.6) is 5.75 Å². The van der Waals surface area contributed by atoms with Crippen LogP contribution in [0.15, 0.2) is 24.3 Å². The molecule has 1 aliphatic heterocycles. The first-order chi connectivity index (χ1) is 13.4. The van der Waals surface area contributed by atoms with E-state index in [-0.39, 0.29) is 12.5 Å². The Kier molecular flexibility index (Phi) is 6.86. The largest absolute Gasteiger partial charge is 0.496 e. The summed E-state index contributed by atoms with van der Waals surface area (Å²) in [6.07, 6.45) is -0.600. The van der Waals surface area contributed by atoms with Gasteiger partial charge in [0, 0.05) is 18.0 Å². The number of hydrogen-bond acceptors (Lipinski definition) is 3. The molecule has 156 valence electrons. The van der Waals surface area contributed by atoms with Crippen molar-refractivity contribution in [1.29, 1.82) is 0 Å². The number of nitrogens with one attached hydrogen (secondary N) is 1. The quantitative estimate of drug-likeness (QED) is 0.776. The number of benzene rings is 1. The molecule has 3 atom stereocenters. The van der Waals surface area contributed by atoms with Crippen molar-refractivity contribution in [3.8, 4) is 5.75 Å². The van der Waals surface area contributed by atoms with E-state index in [1.54, 1.807) is 7.11 Å². The van der Waals surface area contributed by atoms with E-state index >= 15 is 0 Å². The third-order valence-corrected chi connectivity index (χ3v) is 6.07. The molecule has 1 aromatic rings. The first-order valence-electron chi connectivity index (χ1n) is 10.1. The van der Waals surface area contributed by atoms with Crippen LogP contribution in [0.25, 0.3) is 0 Å². The van der Waals surface area contributed by atoms with Gasteiger partial charge in [-0.05, 0) is 44.8 Å². The predicted molar refractivity (Wildman–Crippen MR) is 101 cm³/mol. The number of hydrogen-bond donors (Lipinski definition) is 1. The normalized spacial score (nSPS) is 24.7. The highest BCUT2D eigenvalue weighted by Crippen LogP contribution is 2.41. The van der Waals surface area contributed by atoms with E-state index in [0.29, 0.717) is 25.8 Å². The fourth-order valence-electron chi connectivity index (χ4n) is 4.60. The Morgan fingerprint density at radius 3 is 2.54 bits per heavy atom. The molecule has 4 nitrogen and oxygen atoms in total. The van der Waals surface area contributed by atoms with Crippen molar-refractivity contribution in [2.75, 3.05) is 26.7 Å². The maximum atomic E-state index is 13.4. The number of rotatable bonds is 6. The van der Waals surface area contributed by atoms with Gasteiger partial charge in [-0.25, -0.2) is 0 Å². The Morgan fingerprint density at radius 2 is 1.86 bits per heavy atom. The number of ether oxygens (including phenoxy) is 1. The Balaban J connectivity index is 1.73. The fraction of sp³-hybridized carbons (Fsp3) is 0.667. The highest BCUT2D eigenvalue weighted by molar-refractivity contribution is 5.79. The van der Waals surface area contributed by atoms with Gasteiger partial charge in [-0.2, -0.15) is 13.2 Å². The first-order valence-corrected chi connectivity index (χ1v) is 10.1. The van der Waals surface area contributed by atoms with Crippen molar-refractivity contribution in [2.45, 2.75) is 50.7 Å². The van der Waals surface area contributed by atoms with Gasteiger partial charge in [0.25, 0.3) is 0 Å². The molecule has 1 amide bonds. The van der Waals surface area contributed by atoms with Crippen LogP contribution in [-0.2, 0) is 4.79 Å². The van der Waals surface area contributed by atoms with E-state index < -0.39 is 23.9 Å². The number of likely N-dealkylation sites (tertiary alicyclic amines) is 1. The molecule has 1 saturated carbocycles. The summed E-state index contributed by atoms with van der Waals surface area (Å²) in [6, 6.07) is 7.55. The average molecular weight is 398 g/mol. The van der Waals surface area contributed by atoms with Gasteiger partial charge in [0.15, 0.2) is 0 Å². The highest BCUT2D eigenvalue weighted by Gasteiger charge is 2.48. The lowest BCUT2D eigenvalue weighted by molar-refractivity contribution is -0.198. The van der Waals surface area contributed by atoms with Crippen molar-refractivity contribution >= 4 is 5.91 Å². The summed E-state index contributed by atoms with van der Waals surface area (Å²) in [4.78, 5) is 15.0. The van der Waals surface area contributed by atoms with Gasteiger partial charge in [-0.1, -0.05) is 31.0 Å². The molecule has 3 unspecified atom stereocenters. The molecule has 7 heteroatoms. The summed E-state index contributed by atoms with van der Waals surface area (Å²) >= 11 is 0. The third-order valence-electron chi connectivity index (χ3n) is 6.07. The molecule has 0 aromatic heterocycles. The Bertz CT molecular complexity index is 659. The van der Waals surface area contributed by atoms with Crippen molar-refractivity contribution in [1.82, 2.24) is 10.2 Å². The van der Waals surface area contributed by atoms with Gasteiger partial charge in [-0.15, -0.1) is 0 Å². The van der Waals surface area contributed by atoms with Crippen molar-refractivity contribution in [2.24, 2.45) is 11.8 Å². The minimum Gasteiger partial charge on any atom is -0.496 e. The van der Waals surface area contributed by atoms with Crippen LogP contribution < -0.4 is 10.1 Å². The number of nitrogens with zero attached hydrogens (tertiary/aromatic N) is 1. The second-order valence-electron chi connectivity index (χ2n) is 7.79. The van der Waals surface area contributed by atoms with E-state index in [2.05, 4.69) is 10.2 Å². The average Bonchev–Trinajstić information content (AvgIpc) is 3.22. The lowest BCUT2D eigenvalue weighted by Gasteiger charge is -2.33. The van der Waals surface area contributed by atoms with Crippen molar-refractivity contribution in [3.05, 3.63) is 29.8 Å². The molecule has 28 heavy (non-hydrogen) atoms. The lowest BCUT2D eigenvalue weighted by atomic mass is 9.78. The number of para-hydroxylation sites is 1. The Labute approximate surface area is 164 Å². The van der Waals surface area contributed by atoms with Crippen molar-refractivity contribution < 1.29 is 22.7 Å². The van der Waals surface area contributed by atoms with Gasteiger partial charge < -0.3 is 10.1 Å². The molecule has 0 radical (unpaired) electrons. The number of alkyl halides is 3. The molecule has 1 heterocycles. The number of carbonyl (C=O) groups is 1. The van der Waals surface area contributed by atoms with Gasteiger partial charge >= 0.3 is 6.18 Å². The number of methoxy groups -OCH3 is 1. The van der Waals surface area contributed by atoms with Gasteiger partial charge in [0.1, 0.15) is 5.75 Å². The number of halogens is 3. The maximum absolute atomic E-state index is 13.4. The van der Waals surface area contributed by atoms with Gasteiger partial charge in [0.2, 0.25) is 5.91 Å². The summed E-state index contributed by atoms with van der Waals surface area (Å²) in [5, 5.41) is 2.85. The van der Waals surface area contributed by atoms with Crippen LogP contribution >= 0.6 is 0 Å². The van der Waals surface area contributed by atoms with Crippen LogP contribution in [0.4, 0.5) is 13.2 Å². The maximum Gasteiger partial charge on any atom is 0.392 e. The summed E-state index contributed by atoms with van der Waals surface area (Å²) in [5.74, 6) is -2.25. The minimum atomic E-state index is -4.32. The first kappa shape index (κ1) is 21.0. The molecular formula is C21H29F3N2O2. The molecule has 3 rings (SSSR count). The SMILES string of the molecule is COc1ccccc1C(CNC(=O)C1CCCCC1C(F)(F)F)N1CCCC1. The summed E-state index contributed by atoms with van der Waals surface area (Å²) in [7, 11) is 1.61. The van der Waals surface area contributed by atoms with Gasteiger partial charge in [0.05, 0.1) is 19.1 Å². The van der Waals surface area contributed by atoms with E-state index in [1.807, 2.05) is 24.3 Å². The standard InChI is InChI=1S/C21H29F3N2O2/c1-28-19-11-5-3-9-16(19)18(26-12-6-7-13-26)14-25-20(27)15-8-2-4-10-17(15)21(22,23)24/h3,5,9,11,15,17-18H,2,4,6-8,10,12-14H2,1H3,(H,25,27). The number of amides is 1. The molecule has 0 bridgehead atoms. The van der Waals surface area contributed by atoms with Gasteiger partial charge in [-0.3, -0.25) is 9.69 Å². The monoisotopic (exact) mass is 398 g/mol. The Morgan fingerprint density at radius 1 is 1.18 bits per heavy atom. The predicted octanol–water partition coefficient (Wildman–Crippen LogP) is 4.32. The highest BCUT2D eigenvalue weighted by atomic mass is 19.4. The van der Waals surface area contributed by atoms with Crippen LogP contribution in [0.1, 0.15) is 50.1 Å². The molecule has 0 spiro atoms.